The Labute approximate surface area is 98.9 Å². The second-order valence-electron chi connectivity index (χ2n) is 3.71. The summed E-state index contributed by atoms with van der Waals surface area (Å²) in [6.07, 6.45) is 3.80. The van der Waals surface area contributed by atoms with Crippen molar-refractivity contribution in [2.45, 2.75) is 6.42 Å². The average molecular weight is 238 g/mol. The molecule has 0 saturated heterocycles. The van der Waals surface area contributed by atoms with E-state index in [1.807, 2.05) is 18.2 Å². The number of fused-ring (bicyclic) bond motifs is 1. The van der Waals surface area contributed by atoms with Gasteiger partial charge in [-0.2, -0.15) is 0 Å². The van der Waals surface area contributed by atoms with Crippen LogP contribution >= 0.6 is 11.6 Å². The van der Waals surface area contributed by atoms with Crippen molar-refractivity contribution in [3.05, 3.63) is 40.9 Å². The lowest BCUT2D eigenvalue weighted by Gasteiger charge is -2.16. The van der Waals surface area contributed by atoms with Gasteiger partial charge >= 0.3 is 5.97 Å². The van der Waals surface area contributed by atoms with Crippen molar-refractivity contribution in [3.8, 4) is 0 Å². The van der Waals surface area contributed by atoms with Crippen LogP contribution in [0.25, 0.3) is 0 Å². The van der Waals surface area contributed by atoms with E-state index in [9.17, 15) is 4.79 Å². The molecular formula is C12H12ClNO2. The number of hydrogen-bond acceptors (Lipinski definition) is 2. The topological polar surface area (TPSA) is 40.5 Å². The van der Waals surface area contributed by atoms with E-state index < -0.39 is 5.97 Å². The van der Waals surface area contributed by atoms with Crippen molar-refractivity contribution in [1.82, 2.24) is 0 Å². The van der Waals surface area contributed by atoms with Crippen LogP contribution in [-0.4, -0.2) is 24.2 Å². The highest BCUT2D eigenvalue weighted by molar-refractivity contribution is 6.30. The number of hydrogen-bond donors (Lipinski definition) is 1. The molecule has 2 rings (SSSR count). The van der Waals surface area contributed by atoms with E-state index in [2.05, 4.69) is 4.90 Å². The quantitative estimate of drug-likeness (QED) is 0.821. The number of carboxylic acid groups (broad SMARTS) is 1. The molecule has 0 unspecified atom stereocenters. The summed E-state index contributed by atoms with van der Waals surface area (Å²) in [7, 11) is 0. The van der Waals surface area contributed by atoms with Crippen LogP contribution in [0.15, 0.2) is 30.4 Å². The lowest BCUT2D eigenvalue weighted by atomic mass is 10.2. The number of rotatable bonds is 3. The molecule has 0 bridgehead atoms. The predicted molar refractivity (Wildman–Crippen MR) is 64.1 cm³/mol. The Kier molecular flexibility index (Phi) is 3.15. The Balaban J connectivity index is 2.09. The average Bonchev–Trinajstić information content (AvgIpc) is 2.60. The molecule has 1 heterocycles. The summed E-state index contributed by atoms with van der Waals surface area (Å²) in [4.78, 5) is 12.5. The zero-order chi connectivity index (χ0) is 11.5. The zero-order valence-electron chi connectivity index (χ0n) is 8.69. The molecule has 4 heteroatoms. The maximum absolute atomic E-state index is 10.3. The molecule has 0 aromatic heterocycles. The molecule has 1 aromatic carbocycles. The van der Waals surface area contributed by atoms with Gasteiger partial charge in [-0.05, 0) is 30.2 Å². The number of carbonyl (C=O) groups is 1. The van der Waals surface area contributed by atoms with Gasteiger partial charge in [-0.1, -0.05) is 17.7 Å². The van der Waals surface area contributed by atoms with Crippen LogP contribution in [0.1, 0.15) is 5.56 Å². The van der Waals surface area contributed by atoms with Crippen molar-refractivity contribution in [2.75, 3.05) is 18.0 Å². The van der Waals surface area contributed by atoms with Crippen LogP contribution in [0.4, 0.5) is 5.69 Å². The van der Waals surface area contributed by atoms with Gasteiger partial charge in [0.1, 0.15) is 0 Å². The van der Waals surface area contributed by atoms with E-state index in [-0.39, 0.29) is 0 Å². The summed E-state index contributed by atoms with van der Waals surface area (Å²) in [5, 5.41) is 9.25. The van der Waals surface area contributed by atoms with Crippen LogP contribution in [0.3, 0.4) is 0 Å². The maximum Gasteiger partial charge on any atom is 0.328 e. The van der Waals surface area contributed by atoms with Crippen molar-refractivity contribution in [3.63, 3.8) is 0 Å². The first-order valence-corrected chi connectivity index (χ1v) is 5.47. The minimum atomic E-state index is -0.907. The molecular weight excluding hydrogens is 226 g/mol. The van der Waals surface area contributed by atoms with Crippen molar-refractivity contribution in [1.29, 1.82) is 0 Å². The first kappa shape index (κ1) is 11.0. The summed E-state index contributed by atoms with van der Waals surface area (Å²) in [6.45, 7) is 1.54. The Hall–Kier alpha value is -1.48. The first-order chi connectivity index (χ1) is 7.66. The second-order valence-corrected chi connectivity index (χ2v) is 4.15. The second kappa shape index (κ2) is 4.58. The lowest BCUT2D eigenvalue weighted by molar-refractivity contribution is -0.131. The SMILES string of the molecule is O=C(O)/C=C/CN1CCc2cc(Cl)ccc21. The number of nitrogens with zero attached hydrogens (tertiary/aromatic N) is 1. The number of aliphatic carboxylic acids is 1. The third-order valence-electron chi connectivity index (χ3n) is 2.62. The molecule has 0 aliphatic carbocycles. The largest absolute Gasteiger partial charge is 0.478 e. The van der Waals surface area contributed by atoms with Crippen LogP contribution in [0, 0.1) is 0 Å². The third kappa shape index (κ3) is 2.36. The third-order valence-corrected chi connectivity index (χ3v) is 2.85. The number of anilines is 1. The first-order valence-electron chi connectivity index (χ1n) is 5.09. The van der Waals surface area contributed by atoms with E-state index in [0.717, 1.165) is 23.7 Å². The molecule has 0 atom stereocenters. The molecule has 0 fully saturated rings. The van der Waals surface area contributed by atoms with Gasteiger partial charge in [0.15, 0.2) is 0 Å². The fourth-order valence-corrected chi connectivity index (χ4v) is 2.10. The van der Waals surface area contributed by atoms with Gasteiger partial charge in [0.25, 0.3) is 0 Å². The van der Waals surface area contributed by atoms with Crippen molar-refractivity contribution < 1.29 is 9.90 Å². The van der Waals surface area contributed by atoms with Gasteiger partial charge in [-0.15, -0.1) is 0 Å². The number of benzene rings is 1. The maximum atomic E-state index is 10.3. The van der Waals surface area contributed by atoms with E-state index in [4.69, 9.17) is 16.7 Å². The van der Waals surface area contributed by atoms with Gasteiger partial charge in [-0.3, -0.25) is 0 Å². The van der Waals surface area contributed by atoms with Crippen molar-refractivity contribution >= 4 is 23.3 Å². The fraction of sp³-hybridized carbons (Fsp3) is 0.250. The fourth-order valence-electron chi connectivity index (χ4n) is 1.91. The zero-order valence-corrected chi connectivity index (χ0v) is 9.44. The van der Waals surface area contributed by atoms with Crippen LogP contribution < -0.4 is 4.90 Å². The lowest BCUT2D eigenvalue weighted by Crippen LogP contribution is -2.20. The van der Waals surface area contributed by atoms with E-state index >= 15 is 0 Å². The minimum absolute atomic E-state index is 0.626. The van der Waals surface area contributed by atoms with Gasteiger partial charge < -0.3 is 10.0 Å². The predicted octanol–water partition coefficient (Wildman–Crippen LogP) is 2.34. The molecule has 16 heavy (non-hydrogen) atoms. The van der Waals surface area contributed by atoms with E-state index in [1.54, 1.807) is 6.08 Å². The summed E-state index contributed by atoms with van der Waals surface area (Å²) in [5.41, 5.74) is 2.38. The highest BCUT2D eigenvalue weighted by atomic mass is 35.5. The van der Waals surface area contributed by atoms with Gasteiger partial charge in [0.05, 0.1) is 0 Å². The van der Waals surface area contributed by atoms with Crippen LogP contribution in [0.2, 0.25) is 5.02 Å². The van der Waals surface area contributed by atoms with Gasteiger partial charge in [-0.25, -0.2) is 4.79 Å². The van der Waals surface area contributed by atoms with E-state index in [0.29, 0.717) is 6.54 Å². The number of carboxylic acids is 1. The van der Waals surface area contributed by atoms with Crippen LogP contribution in [0.5, 0.6) is 0 Å². The molecule has 1 aliphatic rings. The molecule has 1 aliphatic heterocycles. The molecule has 1 aromatic rings. The standard InChI is InChI=1S/C12H12ClNO2/c13-10-3-4-11-9(8-10)5-7-14(11)6-1-2-12(15)16/h1-4,8H,5-7H2,(H,15,16)/b2-1+. The molecule has 3 nitrogen and oxygen atoms in total. The Morgan fingerprint density at radius 2 is 2.38 bits per heavy atom. The van der Waals surface area contributed by atoms with E-state index in [1.165, 1.54) is 11.6 Å². The van der Waals surface area contributed by atoms with Gasteiger partial charge in [0, 0.05) is 29.9 Å². The van der Waals surface area contributed by atoms with Crippen LogP contribution in [-0.2, 0) is 11.2 Å². The number of halogens is 1. The minimum Gasteiger partial charge on any atom is -0.478 e. The molecule has 0 spiro atoms. The summed E-state index contributed by atoms with van der Waals surface area (Å²) < 4.78 is 0. The molecule has 0 radical (unpaired) electrons. The molecule has 84 valence electrons. The highest BCUT2D eigenvalue weighted by Gasteiger charge is 2.17. The Morgan fingerprint density at radius 3 is 3.12 bits per heavy atom. The summed E-state index contributed by atoms with van der Waals surface area (Å²) in [5.74, 6) is -0.907. The smallest absolute Gasteiger partial charge is 0.328 e. The molecule has 0 saturated carbocycles. The highest BCUT2D eigenvalue weighted by Crippen LogP contribution is 2.29. The molecule has 0 amide bonds. The van der Waals surface area contributed by atoms with Gasteiger partial charge in [0.2, 0.25) is 0 Å². The summed E-state index contributed by atoms with van der Waals surface area (Å²) in [6, 6.07) is 5.82. The molecule has 1 N–H and O–H groups in total. The normalized spacial score (nSPS) is 14.4. The Bertz CT molecular complexity index is 443. The van der Waals surface area contributed by atoms with Crippen molar-refractivity contribution in [2.24, 2.45) is 0 Å². The monoisotopic (exact) mass is 237 g/mol. The Morgan fingerprint density at radius 1 is 1.56 bits per heavy atom. The summed E-state index contributed by atoms with van der Waals surface area (Å²) >= 11 is 5.91.